The van der Waals surface area contributed by atoms with Crippen LogP contribution in [0, 0.1) is 92.2 Å². The Bertz CT molecular complexity index is 1720. The summed E-state index contributed by atoms with van der Waals surface area (Å²) >= 11 is 0. The zero-order valence-corrected chi connectivity index (χ0v) is 75.3. The van der Waals surface area contributed by atoms with E-state index in [1.807, 2.05) is 27.7 Å². The first-order chi connectivity index (χ1) is 47.5. The third-order valence-corrected chi connectivity index (χ3v) is 18.5. The second-order valence-electron chi connectivity index (χ2n) is 34.0. The van der Waals surface area contributed by atoms with Gasteiger partial charge in [0.05, 0.1) is 30.6 Å². The second kappa shape index (κ2) is 71.0. The molecule has 0 nitrogen and oxygen atoms in total. The molecule has 0 amide bonds. The van der Waals surface area contributed by atoms with Crippen LogP contribution in [0.15, 0.2) is 0 Å². The van der Waals surface area contributed by atoms with E-state index in [4.69, 9.17) is 0 Å². The molecule has 1 fully saturated rings. The standard InChI is InChI=1S/C8H16.C7H16.C6H8F6.2C6H11F3.2C6H12F2.C6H13F.3C6H14.C5H9F3.C5H10F2.C5H11F/c1-6-4-5-7(2)8(6)3;1-5-6-7(2,3)4;1-3-4(2,5(7,8)9)6(10,11)12;1-4-5(2,3)6(7,8)9;1-3-4-5(2)6(7,8)9;1-4-6(7,8)5(2)3;1-3-4-5(2)6(7)8;1-3-4-6(2)5-7;2*1-5-6(2,3)4;1-4-5-6(2)3;1-3-4(2)5(6,7)8;1-3-4(2)5(6)7;1-3-5(2)4-6/h6-8H,4-5H2,1-3H3;5-6H2,1-4H3;3H2,1-2H3;4H2,1-3H3;5H,3-4H2,1-2H3;5H,4H2,1-3H3;5-6H,3-4H2,1-2H3;6H,3-5H2,1-2H3;2*5H2,1-4H3;6H,4-5H2,1-3H3;4H,3H2,1-2H3;4-5H,3H2,1-2H3;5H,3-4H2,1-2H3. The van der Waals surface area contributed by atoms with E-state index in [-0.39, 0.29) is 57.8 Å². The van der Waals surface area contributed by atoms with E-state index in [1.54, 1.807) is 27.7 Å². The normalized spacial score (nSPS) is 16.4. The van der Waals surface area contributed by atoms with Crippen molar-refractivity contribution in [1.82, 2.24) is 0 Å². The molecular formula is C84H171F23. The highest BCUT2D eigenvalue weighted by Gasteiger charge is 2.66. The fraction of sp³-hybridized carbons (Fsp3) is 1.00. The molecule has 8 atom stereocenters. The third kappa shape index (κ3) is 98.5. The number of alkyl halides is 23. The molecular weight excluding hydrogens is 1450 g/mol. The molecule has 23 heteroatoms. The average Bonchev–Trinajstić information content (AvgIpc) is 1.14. The van der Waals surface area contributed by atoms with Gasteiger partial charge in [0.2, 0.25) is 18.8 Å². The van der Waals surface area contributed by atoms with Gasteiger partial charge in [0, 0.05) is 24.2 Å². The number of rotatable bonds is 20. The van der Waals surface area contributed by atoms with E-state index in [0.29, 0.717) is 35.5 Å². The lowest BCUT2D eigenvalue weighted by Gasteiger charge is -2.32. The zero-order chi connectivity index (χ0) is 89.6. The maximum Gasteiger partial charge on any atom is 0.402 e. The Morgan fingerprint density at radius 1 is 0.327 bits per heavy atom. The van der Waals surface area contributed by atoms with E-state index in [9.17, 15) is 101 Å². The van der Waals surface area contributed by atoms with E-state index in [1.165, 1.54) is 114 Å². The first kappa shape index (κ1) is 135. The minimum Gasteiger partial charge on any atom is -0.251 e. The minimum absolute atomic E-state index is 0.0509. The van der Waals surface area contributed by atoms with Gasteiger partial charge < -0.3 is 0 Å². The molecule has 1 aliphatic carbocycles. The van der Waals surface area contributed by atoms with Gasteiger partial charge in [-0.15, -0.1) is 0 Å². The molecule has 1 aliphatic rings. The van der Waals surface area contributed by atoms with Gasteiger partial charge in [-0.3, -0.25) is 8.78 Å². The predicted molar refractivity (Wildman–Crippen MR) is 418 cm³/mol. The summed E-state index contributed by atoms with van der Waals surface area (Å²) in [5, 5.41) is 0. The summed E-state index contributed by atoms with van der Waals surface area (Å²) in [7, 11) is 0. The Hall–Kier alpha value is -1.61. The molecule has 107 heavy (non-hydrogen) atoms. The van der Waals surface area contributed by atoms with Crippen molar-refractivity contribution in [3.63, 3.8) is 0 Å². The number of hydrogen-bond donors (Lipinski definition) is 0. The average molecular weight is 1620 g/mol. The Morgan fingerprint density at radius 2 is 0.645 bits per heavy atom. The Labute approximate surface area is 645 Å². The molecule has 0 aliphatic heterocycles. The van der Waals surface area contributed by atoms with Gasteiger partial charge >= 0.3 is 30.9 Å². The van der Waals surface area contributed by atoms with Crippen LogP contribution in [0.1, 0.15) is 392 Å². The molecule has 0 bridgehead atoms. The number of hydrogen-bond acceptors (Lipinski definition) is 0. The van der Waals surface area contributed by atoms with Gasteiger partial charge in [-0.25, -0.2) is 26.3 Å². The maximum atomic E-state index is 12.3. The van der Waals surface area contributed by atoms with E-state index < -0.39 is 96.5 Å². The first-order valence-corrected chi connectivity index (χ1v) is 39.9. The molecule has 0 aromatic heterocycles. The molecule has 1 saturated carbocycles. The van der Waals surface area contributed by atoms with Crippen LogP contribution in [-0.4, -0.2) is 63.0 Å². The van der Waals surface area contributed by atoms with Gasteiger partial charge in [-0.05, 0) is 110 Å². The molecule has 668 valence electrons. The van der Waals surface area contributed by atoms with Crippen molar-refractivity contribution in [1.29, 1.82) is 0 Å². The van der Waals surface area contributed by atoms with Crippen LogP contribution in [0.2, 0.25) is 0 Å². The summed E-state index contributed by atoms with van der Waals surface area (Å²) in [6.07, 6.45) is -10.7. The van der Waals surface area contributed by atoms with Crippen LogP contribution in [-0.2, 0) is 0 Å². The monoisotopic (exact) mass is 1620 g/mol. The molecule has 0 radical (unpaired) electrons. The van der Waals surface area contributed by atoms with Gasteiger partial charge in [-0.1, -0.05) is 327 Å². The lowest BCUT2D eigenvalue weighted by molar-refractivity contribution is -0.335. The Morgan fingerprint density at radius 3 is 0.682 bits per heavy atom. The molecule has 0 aromatic carbocycles. The van der Waals surface area contributed by atoms with Crippen LogP contribution in [0.4, 0.5) is 101 Å². The summed E-state index contributed by atoms with van der Waals surface area (Å²) in [6, 6.07) is 0. The van der Waals surface area contributed by atoms with Crippen molar-refractivity contribution in [3.8, 4) is 0 Å². The maximum absolute atomic E-state index is 12.3. The molecule has 0 spiro atoms. The van der Waals surface area contributed by atoms with Gasteiger partial charge in [0.25, 0.3) is 0 Å². The molecule has 0 aromatic rings. The second-order valence-corrected chi connectivity index (χ2v) is 34.0. The van der Waals surface area contributed by atoms with Crippen molar-refractivity contribution in [2.45, 2.75) is 441 Å². The lowest BCUT2D eigenvalue weighted by Crippen LogP contribution is -2.47. The van der Waals surface area contributed by atoms with Gasteiger partial charge in [0.15, 0.2) is 5.41 Å². The third-order valence-electron chi connectivity index (χ3n) is 18.5. The minimum atomic E-state index is -5.24. The smallest absolute Gasteiger partial charge is 0.251 e. The van der Waals surface area contributed by atoms with Gasteiger partial charge in [-0.2, -0.15) is 65.9 Å². The molecule has 0 heterocycles. The van der Waals surface area contributed by atoms with Crippen LogP contribution in [0.5, 0.6) is 0 Å². The fourth-order valence-corrected chi connectivity index (χ4v) is 6.38. The quantitative estimate of drug-likeness (QED) is 0.107. The molecule has 8 unspecified atom stereocenters. The van der Waals surface area contributed by atoms with Crippen molar-refractivity contribution in [2.24, 2.45) is 92.2 Å². The summed E-state index contributed by atoms with van der Waals surface area (Å²) in [4.78, 5) is 0. The summed E-state index contributed by atoms with van der Waals surface area (Å²) < 4.78 is 270. The van der Waals surface area contributed by atoms with E-state index >= 15 is 0 Å². The van der Waals surface area contributed by atoms with E-state index in [2.05, 4.69) is 132 Å². The van der Waals surface area contributed by atoms with E-state index in [0.717, 1.165) is 56.3 Å². The SMILES string of the molecule is CC1CCC(C)C1C.CCC(C)(C(F)(F)F)C(F)(F)F.CCC(C)(C)C.CCC(C)(C)C.CCC(C)(C)C(F)(F)F.CCC(C)C(F)(F)F.CCC(C)C(F)F.CCC(C)CF.CCC(F)(F)C(C)C.CCCC(C)(C)C.CCCC(C)C.CCCC(C)C(F)(F)F.CCCC(C)C(F)F.CCCC(C)CF. The van der Waals surface area contributed by atoms with Crippen LogP contribution in [0.3, 0.4) is 0 Å². The largest absolute Gasteiger partial charge is 0.402 e. The van der Waals surface area contributed by atoms with Crippen molar-refractivity contribution in [3.05, 3.63) is 0 Å². The highest BCUT2D eigenvalue weighted by atomic mass is 19.4. The topological polar surface area (TPSA) is 0 Å². The highest BCUT2D eigenvalue weighted by Crippen LogP contribution is 2.52. The first-order valence-electron chi connectivity index (χ1n) is 39.9. The zero-order valence-electron chi connectivity index (χ0n) is 75.3. The van der Waals surface area contributed by atoms with Crippen LogP contribution >= 0.6 is 0 Å². The Kier molecular flexibility index (Phi) is 89.2. The van der Waals surface area contributed by atoms with Gasteiger partial charge in [0.1, 0.15) is 0 Å². The van der Waals surface area contributed by atoms with Crippen molar-refractivity contribution in [2.75, 3.05) is 13.3 Å². The molecule has 0 saturated heterocycles. The highest BCUT2D eigenvalue weighted by molar-refractivity contribution is 4.88. The summed E-state index contributed by atoms with van der Waals surface area (Å²) in [6.45, 7) is 70.3. The fourth-order valence-electron chi connectivity index (χ4n) is 6.38. The predicted octanol–water partition coefficient (Wildman–Crippen LogP) is 37.0. The molecule has 0 N–H and O–H groups in total. The Balaban J connectivity index is -0.0000000812. The van der Waals surface area contributed by atoms with Crippen molar-refractivity contribution < 1.29 is 101 Å². The lowest BCUT2D eigenvalue weighted by atomic mass is 9.86. The van der Waals surface area contributed by atoms with Crippen LogP contribution in [0.25, 0.3) is 0 Å². The summed E-state index contributed by atoms with van der Waals surface area (Å²) in [5.74, 6) is -1.70. The van der Waals surface area contributed by atoms with Crippen LogP contribution < -0.4 is 0 Å². The number of halogens is 23. The van der Waals surface area contributed by atoms with Crippen molar-refractivity contribution >= 4 is 0 Å². The summed E-state index contributed by atoms with van der Waals surface area (Å²) in [5.41, 5.74) is -3.47. The molecule has 1 rings (SSSR count).